The third kappa shape index (κ3) is 1.50. The zero-order valence-corrected chi connectivity index (χ0v) is 5.46. The van der Waals surface area contributed by atoms with Gasteiger partial charge in [-0.05, 0) is 12.8 Å². The molecule has 3 heteroatoms. The van der Waals surface area contributed by atoms with Crippen molar-refractivity contribution in [1.29, 1.82) is 0 Å². The van der Waals surface area contributed by atoms with Crippen LogP contribution in [0.2, 0.25) is 0 Å². The van der Waals surface area contributed by atoms with Gasteiger partial charge in [0.25, 0.3) is 0 Å². The third-order valence-corrected chi connectivity index (χ3v) is 1.51. The van der Waals surface area contributed by atoms with Crippen LogP contribution in [-0.4, -0.2) is 19.1 Å². The Kier molecular flexibility index (Phi) is 1.83. The highest BCUT2D eigenvalue weighted by molar-refractivity contribution is 5.86. The fraction of sp³-hybridized carbons (Fsp3) is 0.833. The van der Waals surface area contributed by atoms with E-state index in [0.29, 0.717) is 0 Å². The summed E-state index contributed by atoms with van der Waals surface area (Å²) >= 11 is 0. The van der Waals surface area contributed by atoms with Crippen LogP contribution in [0.4, 0.5) is 0 Å². The molecule has 1 unspecified atom stereocenters. The van der Waals surface area contributed by atoms with E-state index in [1.165, 1.54) is 7.11 Å². The van der Waals surface area contributed by atoms with Gasteiger partial charge in [-0.2, -0.15) is 0 Å². The second-order valence-corrected chi connectivity index (χ2v) is 2.33. The van der Waals surface area contributed by atoms with Gasteiger partial charge in [0.1, 0.15) is 0 Å². The number of methoxy groups -OCH3 is 1. The number of carbonyl (C=O) groups is 1. The van der Waals surface area contributed by atoms with Crippen molar-refractivity contribution in [1.82, 2.24) is 0 Å². The van der Waals surface area contributed by atoms with Crippen LogP contribution in [0.25, 0.3) is 0 Å². The number of hydrogen-bond donors (Lipinski definition) is 1. The van der Waals surface area contributed by atoms with Crippen LogP contribution in [0.5, 0.6) is 0 Å². The van der Waals surface area contributed by atoms with Crippen molar-refractivity contribution in [2.45, 2.75) is 19.1 Å². The summed E-state index contributed by atoms with van der Waals surface area (Å²) in [5.41, 5.74) is 5.29. The molecule has 2 N–H and O–H groups in total. The van der Waals surface area contributed by atoms with Crippen molar-refractivity contribution < 1.29 is 9.53 Å². The molecule has 0 bridgehead atoms. The zero-order valence-electron chi connectivity index (χ0n) is 5.46. The standard InChI is InChI=1S/C6H11NO2/c1-9-6(7)5(8)4-2-3-4/h4,6H,2-3,7H2,1H3. The summed E-state index contributed by atoms with van der Waals surface area (Å²) in [6.07, 6.45) is 1.31. The average Bonchev–Trinajstić information content (AvgIpc) is 2.66. The van der Waals surface area contributed by atoms with Crippen LogP contribution in [0, 0.1) is 5.92 Å². The van der Waals surface area contributed by atoms with Crippen molar-refractivity contribution in [3.8, 4) is 0 Å². The molecule has 1 rings (SSSR count). The van der Waals surface area contributed by atoms with E-state index in [9.17, 15) is 4.79 Å². The van der Waals surface area contributed by atoms with E-state index in [2.05, 4.69) is 4.74 Å². The number of rotatable bonds is 3. The molecule has 52 valence electrons. The van der Waals surface area contributed by atoms with E-state index in [4.69, 9.17) is 5.73 Å². The van der Waals surface area contributed by atoms with Gasteiger partial charge in [-0.3, -0.25) is 10.5 Å². The Hall–Kier alpha value is -0.410. The lowest BCUT2D eigenvalue weighted by Crippen LogP contribution is -2.33. The molecular formula is C6H11NO2. The van der Waals surface area contributed by atoms with Gasteiger partial charge in [-0.1, -0.05) is 0 Å². The lowest BCUT2D eigenvalue weighted by Gasteiger charge is -2.05. The van der Waals surface area contributed by atoms with Gasteiger partial charge in [-0.15, -0.1) is 0 Å². The maximum atomic E-state index is 10.9. The Morgan fingerprint density at radius 1 is 1.78 bits per heavy atom. The van der Waals surface area contributed by atoms with E-state index in [0.717, 1.165) is 12.8 Å². The van der Waals surface area contributed by atoms with Gasteiger partial charge in [0.15, 0.2) is 12.0 Å². The van der Waals surface area contributed by atoms with Crippen LogP contribution in [0.1, 0.15) is 12.8 Å². The minimum absolute atomic E-state index is 0.0532. The number of carbonyl (C=O) groups excluding carboxylic acids is 1. The van der Waals surface area contributed by atoms with Gasteiger partial charge in [0.2, 0.25) is 0 Å². The smallest absolute Gasteiger partial charge is 0.179 e. The van der Waals surface area contributed by atoms with Gasteiger partial charge in [0.05, 0.1) is 0 Å². The van der Waals surface area contributed by atoms with E-state index < -0.39 is 6.23 Å². The molecule has 3 nitrogen and oxygen atoms in total. The molecule has 0 heterocycles. The lowest BCUT2D eigenvalue weighted by molar-refractivity contribution is -0.129. The third-order valence-electron chi connectivity index (χ3n) is 1.51. The minimum Gasteiger partial charge on any atom is -0.359 e. The Balaban J connectivity index is 2.31. The summed E-state index contributed by atoms with van der Waals surface area (Å²) in [6, 6.07) is 0. The maximum Gasteiger partial charge on any atom is 0.179 e. The Morgan fingerprint density at radius 2 is 2.33 bits per heavy atom. The van der Waals surface area contributed by atoms with Crippen molar-refractivity contribution in [2.75, 3.05) is 7.11 Å². The molecule has 1 aliphatic rings. The van der Waals surface area contributed by atoms with Gasteiger partial charge < -0.3 is 4.74 Å². The fourth-order valence-corrected chi connectivity index (χ4v) is 0.716. The summed E-state index contributed by atoms with van der Waals surface area (Å²) in [5.74, 6) is 0.262. The van der Waals surface area contributed by atoms with Crippen molar-refractivity contribution in [3.05, 3.63) is 0 Å². The van der Waals surface area contributed by atoms with Gasteiger partial charge in [-0.25, -0.2) is 0 Å². The highest BCUT2D eigenvalue weighted by atomic mass is 16.5. The molecule has 0 amide bonds. The Bertz CT molecular complexity index is 120. The minimum atomic E-state index is -0.683. The van der Waals surface area contributed by atoms with E-state index in [-0.39, 0.29) is 11.7 Å². The summed E-state index contributed by atoms with van der Waals surface area (Å²) in [6.45, 7) is 0. The molecule has 9 heavy (non-hydrogen) atoms. The first-order chi connectivity index (χ1) is 4.25. The van der Waals surface area contributed by atoms with Crippen LogP contribution in [0.15, 0.2) is 0 Å². The van der Waals surface area contributed by atoms with Crippen molar-refractivity contribution >= 4 is 5.78 Å². The van der Waals surface area contributed by atoms with Crippen LogP contribution >= 0.6 is 0 Å². The predicted molar refractivity (Wildman–Crippen MR) is 32.7 cm³/mol. The molecule has 0 saturated heterocycles. The molecule has 0 aliphatic heterocycles. The molecular weight excluding hydrogens is 118 g/mol. The highest BCUT2D eigenvalue weighted by Crippen LogP contribution is 2.30. The molecule has 0 spiro atoms. The lowest BCUT2D eigenvalue weighted by atomic mass is 10.2. The molecule has 0 radical (unpaired) electrons. The SMILES string of the molecule is COC(N)C(=O)C1CC1. The predicted octanol–water partition coefficient (Wildman–Crippen LogP) is -0.103. The van der Waals surface area contributed by atoms with Crippen LogP contribution < -0.4 is 5.73 Å². The molecule has 1 fully saturated rings. The Morgan fingerprint density at radius 3 is 2.67 bits per heavy atom. The second-order valence-electron chi connectivity index (χ2n) is 2.33. The van der Waals surface area contributed by atoms with Gasteiger partial charge in [0, 0.05) is 13.0 Å². The fourth-order valence-electron chi connectivity index (χ4n) is 0.716. The first kappa shape index (κ1) is 6.71. The van der Waals surface area contributed by atoms with Crippen molar-refractivity contribution in [2.24, 2.45) is 11.7 Å². The number of hydrogen-bond acceptors (Lipinski definition) is 3. The molecule has 0 aromatic heterocycles. The number of ether oxygens (including phenoxy) is 1. The first-order valence-electron chi connectivity index (χ1n) is 3.08. The molecule has 1 saturated carbocycles. The van der Waals surface area contributed by atoms with Crippen LogP contribution in [0.3, 0.4) is 0 Å². The van der Waals surface area contributed by atoms with Crippen molar-refractivity contribution in [3.63, 3.8) is 0 Å². The number of Topliss-reactive ketones (excluding diaryl/α,β-unsaturated/α-hetero) is 1. The topological polar surface area (TPSA) is 52.3 Å². The average molecular weight is 129 g/mol. The summed E-state index contributed by atoms with van der Waals surface area (Å²) in [4.78, 5) is 10.9. The molecule has 1 atom stereocenters. The number of nitrogens with two attached hydrogens (primary N) is 1. The normalized spacial score (nSPS) is 21.6. The largest absolute Gasteiger partial charge is 0.359 e. The highest BCUT2D eigenvalue weighted by Gasteiger charge is 2.33. The van der Waals surface area contributed by atoms with E-state index in [1.807, 2.05) is 0 Å². The quantitative estimate of drug-likeness (QED) is 0.541. The maximum absolute atomic E-state index is 10.9. The summed E-state index contributed by atoms with van der Waals surface area (Å²) in [7, 11) is 1.45. The number of ketones is 1. The Labute approximate surface area is 54.2 Å². The molecule has 1 aliphatic carbocycles. The molecule has 0 aromatic carbocycles. The monoisotopic (exact) mass is 129 g/mol. The zero-order chi connectivity index (χ0) is 6.85. The summed E-state index contributed by atoms with van der Waals surface area (Å²) in [5, 5.41) is 0. The summed E-state index contributed by atoms with van der Waals surface area (Å²) < 4.78 is 4.64. The van der Waals surface area contributed by atoms with E-state index >= 15 is 0 Å². The second kappa shape index (κ2) is 2.45. The molecule has 0 aromatic rings. The van der Waals surface area contributed by atoms with Gasteiger partial charge >= 0.3 is 0 Å². The first-order valence-corrected chi connectivity index (χ1v) is 3.08. The van der Waals surface area contributed by atoms with Crippen LogP contribution in [-0.2, 0) is 9.53 Å². The van der Waals surface area contributed by atoms with E-state index in [1.54, 1.807) is 0 Å².